The number of hydrogen-bond donors (Lipinski definition) is 1. The number of sulfonamides is 1. The monoisotopic (exact) mass is 417 g/mol. The zero-order valence-electron chi connectivity index (χ0n) is 9.81. The van der Waals surface area contributed by atoms with E-state index in [0.29, 0.717) is 4.47 Å². The van der Waals surface area contributed by atoms with Crippen LogP contribution < -0.4 is 4.72 Å². The molecule has 18 heavy (non-hydrogen) atoms. The molecule has 1 rings (SSSR count). The molecule has 0 bridgehead atoms. The Kier molecular flexibility index (Phi) is 5.98. The predicted molar refractivity (Wildman–Crippen MR) is 80.6 cm³/mol. The quantitative estimate of drug-likeness (QED) is 0.797. The molecule has 2 atom stereocenters. The Balaban J connectivity index is 2.96. The zero-order chi connectivity index (χ0) is 13.9. The van der Waals surface area contributed by atoms with Crippen LogP contribution in [0.25, 0.3) is 0 Å². The van der Waals surface area contributed by atoms with Gasteiger partial charge in [0, 0.05) is 37.8 Å². The lowest BCUT2D eigenvalue weighted by Gasteiger charge is -2.14. The minimum absolute atomic E-state index is 0.166. The third-order valence-electron chi connectivity index (χ3n) is 2.02. The molecule has 0 amide bonds. The van der Waals surface area contributed by atoms with Gasteiger partial charge in [-0.25, -0.2) is 13.1 Å². The van der Waals surface area contributed by atoms with Crippen molar-refractivity contribution in [3.8, 4) is 0 Å². The van der Waals surface area contributed by atoms with Gasteiger partial charge in [-0.2, -0.15) is 0 Å². The molecule has 0 radical (unpaired) electrons. The van der Waals surface area contributed by atoms with E-state index in [4.69, 9.17) is 0 Å². The molecule has 0 heterocycles. The number of hydrogen-bond acceptors (Lipinski definition) is 3. The molecule has 0 saturated heterocycles. The van der Waals surface area contributed by atoms with E-state index in [-0.39, 0.29) is 16.7 Å². The van der Waals surface area contributed by atoms with Crippen LogP contribution in [0.2, 0.25) is 0 Å². The highest BCUT2D eigenvalue weighted by Crippen LogP contribution is 2.25. The predicted octanol–water partition coefficient (Wildman–Crippen LogP) is 2.26. The highest BCUT2D eigenvalue weighted by molar-refractivity contribution is 9.11. The van der Waals surface area contributed by atoms with Gasteiger partial charge < -0.3 is 0 Å². The summed E-state index contributed by atoms with van der Waals surface area (Å²) < 4.78 is 39.0. The minimum Gasteiger partial charge on any atom is -0.260 e. The Bertz CT molecular complexity index is 560. The molecule has 8 heteroatoms. The van der Waals surface area contributed by atoms with E-state index < -0.39 is 20.8 Å². The van der Waals surface area contributed by atoms with Crippen molar-refractivity contribution in [3.63, 3.8) is 0 Å². The summed E-state index contributed by atoms with van der Waals surface area (Å²) in [6, 6.07) is 4.45. The van der Waals surface area contributed by atoms with Gasteiger partial charge in [0.1, 0.15) is 0 Å². The molecule has 0 aromatic heterocycles. The molecular formula is C10H13Br2NO3S2. The van der Waals surface area contributed by atoms with Crippen LogP contribution in [-0.4, -0.2) is 30.7 Å². The summed E-state index contributed by atoms with van der Waals surface area (Å²) in [7, 11) is -4.65. The SMILES string of the molecule is CC(CS(C)=O)NS(=O)(=O)c1ccc(Br)cc1Br. The molecular weight excluding hydrogens is 406 g/mol. The second-order valence-corrected chi connectivity index (χ2v) is 8.77. The summed E-state index contributed by atoms with van der Waals surface area (Å²) in [5.74, 6) is 0.285. The third-order valence-corrected chi connectivity index (χ3v) is 6.05. The fraction of sp³-hybridized carbons (Fsp3) is 0.400. The van der Waals surface area contributed by atoms with Crippen molar-refractivity contribution < 1.29 is 12.6 Å². The Morgan fingerprint density at radius 1 is 1.39 bits per heavy atom. The van der Waals surface area contributed by atoms with E-state index in [2.05, 4.69) is 36.6 Å². The average molecular weight is 419 g/mol. The summed E-state index contributed by atoms with van der Waals surface area (Å²) in [5.41, 5.74) is 0. The van der Waals surface area contributed by atoms with Crippen molar-refractivity contribution in [2.45, 2.75) is 17.9 Å². The number of benzene rings is 1. The first kappa shape index (κ1) is 16.3. The van der Waals surface area contributed by atoms with Gasteiger partial charge in [-0.05, 0) is 41.1 Å². The highest BCUT2D eigenvalue weighted by atomic mass is 79.9. The first-order valence-electron chi connectivity index (χ1n) is 5.00. The van der Waals surface area contributed by atoms with Crippen molar-refractivity contribution in [2.75, 3.05) is 12.0 Å². The maximum absolute atomic E-state index is 12.1. The molecule has 1 aromatic carbocycles. The van der Waals surface area contributed by atoms with Gasteiger partial charge in [0.2, 0.25) is 10.0 Å². The average Bonchev–Trinajstić information content (AvgIpc) is 2.13. The molecule has 2 unspecified atom stereocenters. The minimum atomic E-state index is -3.60. The molecule has 1 N–H and O–H groups in total. The number of rotatable bonds is 5. The Morgan fingerprint density at radius 2 is 2.00 bits per heavy atom. The molecule has 0 aliphatic rings. The third kappa shape index (κ3) is 4.73. The molecule has 0 fully saturated rings. The lowest BCUT2D eigenvalue weighted by atomic mass is 10.4. The van der Waals surface area contributed by atoms with E-state index in [1.165, 1.54) is 6.07 Å². The van der Waals surface area contributed by atoms with Crippen molar-refractivity contribution >= 4 is 52.7 Å². The largest absolute Gasteiger partial charge is 0.260 e. The molecule has 0 aliphatic carbocycles. The van der Waals surface area contributed by atoms with E-state index in [0.717, 1.165) is 4.47 Å². The van der Waals surface area contributed by atoms with Gasteiger partial charge in [-0.1, -0.05) is 15.9 Å². The fourth-order valence-electron chi connectivity index (χ4n) is 1.41. The Morgan fingerprint density at radius 3 is 2.50 bits per heavy atom. The van der Waals surface area contributed by atoms with Crippen LogP contribution in [0.1, 0.15) is 6.92 Å². The topological polar surface area (TPSA) is 63.2 Å². The molecule has 102 valence electrons. The first-order chi connectivity index (χ1) is 8.22. The van der Waals surface area contributed by atoms with Gasteiger partial charge in [-0.3, -0.25) is 4.21 Å². The second kappa shape index (κ2) is 6.60. The van der Waals surface area contributed by atoms with Crippen molar-refractivity contribution in [3.05, 3.63) is 27.1 Å². The summed E-state index contributed by atoms with van der Waals surface area (Å²) in [4.78, 5) is 0.166. The van der Waals surface area contributed by atoms with Crippen LogP contribution in [0.5, 0.6) is 0 Å². The summed E-state index contributed by atoms with van der Waals surface area (Å²) >= 11 is 6.48. The van der Waals surface area contributed by atoms with Crippen LogP contribution in [0.3, 0.4) is 0 Å². The smallest absolute Gasteiger partial charge is 0.241 e. The van der Waals surface area contributed by atoms with Gasteiger partial charge in [0.25, 0.3) is 0 Å². The van der Waals surface area contributed by atoms with Crippen molar-refractivity contribution in [1.82, 2.24) is 4.72 Å². The van der Waals surface area contributed by atoms with Crippen molar-refractivity contribution in [1.29, 1.82) is 0 Å². The van der Waals surface area contributed by atoms with Crippen LogP contribution in [0, 0.1) is 0 Å². The van der Waals surface area contributed by atoms with Gasteiger partial charge in [-0.15, -0.1) is 0 Å². The highest BCUT2D eigenvalue weighted by Gasteiger charge is 2.20. The van der Waals surface area contributed by atoms with E-state index in [1.807, 2.05) is 0 Å². The summed E-state index contributed by atoms with van der Waals surface area (Å²) in [6.07, 6.45) is 1.54. The normalized spacial score (nSPS) is 15.3. The molecule has 0 aliphatic heterocycles. The first-order valence-corrected chi connectivity index (χ1v) is 9.79. The lowest BCUT2D eigenvalue weighted by Crippen LogP contribution is -2.36. The van der Waals surface area contributed by atoms with Gasteiger partial charge in [0.05, 0.1) is 4.90 Å². The maximum atomic E-state index is 12.1. The van der Waals surface area contributed by atoms with E-state index in [1.54, 1.807) is 25.3 Å². The molecule has 0 saturated carbocycles. The fourth-order valence-corrected chi connectivity index (χ4v) is 5.29. The van der Waals surface area contributed by atoms with E-state index >= 15 is 0 Å². The van der Waals surface area contributed by atoms with E-state index in [9.17, 15) is 12.6 Å². The van der Waals surface area contributed by atoms with Gasteiger partial charge >= 0.3 is 0 Å². The standard InChI is InChI=1S/C10H13Br2NO3S2/c1-7(6-17(2)14)13-18(15,16)10-4-3-8(11)5-9(10)12/h3-5,7,13H,6H2,1-2H3. The maximum Gasteiger partial charge on any atom is 0.241 e. The van der Waals surface area contributed by atoms with Crippen LogP contribution in [0.4, 0.5) is 0 Å². The summed E-state index contributed by atoms with van der Waals surface area (Å²) in [5, 5.41) is 0. The number of nitrogens with one attached hydrogen (secondary N) is 1. The van der Waals surface area contributed by atoms with Crippen molar-refractivity contribution in [2.24, 2.45) is 0 Å². The summed E-state index contributed by atoms with van der Waals surface area (Å²) in [6.45, 7) is 1.69. The van der Waals surface area contributed by atoms with Gasteiger partial charge in [0.15, 0.2) is 0 Å². The molecule has 0 spiro atoms. The van der Waals surface area contributed by atoms with Crippen LogP contribution >= 0.6 is 31.9 Å². The molecule has 4 nitrogen and oxygen atoms in total. The number of halogens is 2. The second-order valence-electron chi connectivity index (χ2n) is 3.84. The lowest BCUT2D eigenvalue weighted by molar-refractivity contribution is 0.569. The zero-order valence-corrected chi connectivity index (χ0v) is 14.6. The Hall–Kier alpha value is 0.240. The molecule has 1 aromatic rings. The van der Waals surface area contributed by atoms with Crippen LogP contribution in [0.15, 0.2) is 32.0 Å². The van der Waals surface area contributed by atoms with Crippen LogP contribution in [-0.2, 0) is 20.8 Å². The Labute approximate surface area is 126 Å².